The number of fused-ring (bicyclic) bond motifs is 1. The highest BCUT2D eigenvalue weighted by molar-refractivity contribution is 7.99. The summed E-state index contributed by atoms with van der Waals surface area (Å²) in [7, 11) is 0. The molecule has 0 radical (unpaired) electrons. The molecule has 0 unspecified atom stereocenters. The van der Waals surface area contributed by atoms with Crippen molar-refractivity contribution >= 4 is 50.6 Å². The second kappa shape index (κ2) is 8.16. The molecule has 0 aromatic carbocycles. The van der Waals surface area contributed by atoms with E-state index >= 15 is 0 Å². The molecular weight excluding hydrogens is 374 g/mol. The molecule has 5 nitrogen and oxygen atoms in total. The summed E-state index contributed by atoms with van der Waals surface area (Å²) >= 11 is 4.31. The van der Waals surface area contributed by atoms with Gasteiger partial charge in [0.2, 0.25) is 5.91 Å². The highest BCUT2D eigenvalue weighted by atomic mass is 32.2. The van der Waals surface area contributed by atoms with Crippen LogP contribution < -0.4 is 10.9 Å². The molecule has 3 aromatic heterocycles. The number of aromatic amines is 1. The van der Waals surface area contributed by atoms with Gasteiger partial charge in [0.25, 0.3) is 5.56 Å². The van der Waals surface area contributed by atoms with Crippen LogP contribution in [0.1, 0.15) is 20.3 Å². The number of aromatic nitrogens is 2. The maximum atomic E-state index is 12.5. The quantitative estimate of drug-likeness (QED) is 0.470. The Labute approximate surface area is 157 Å². The summed E-state index contributed by atoms with van der Waals surface area (Å²) in [4.78, 5) is 33.4. The molecule has 132 valence electrons. The van der Waals surface area contributed by atoms with Crippen LogP contribution in [0.5, 0.6) is 0 Å². The van der Waals surface area contributed by atoms with Gasteiger partial charge >= 0.3 is 0 Å². The smallest absolute Gasteiger partial charge is 0.260 e. The Balaban J connectivity index is 1.70. The topological polar surface area (TPSA) is 74.8 Å². The molecule has 25 heavy (non-hydrogen) atoms. The average molecular weight is 394 g/mol. The van der Waals surface area contributed by atoms with Gasteiger partial charge in [0, 0.05) is 22.4 Å². The first-order chi connectivity index (χ1) is 12.0. The van der Waals surface area contributed by atoms with Crippen LogP contribution >= 0.6 is 34.4 Å². The van der Waals surface area contributed by atoms with E-state index in [9.17, 15) is 9.59 Å². The molecule has 3 heterocycles. The summed E-state index contributed by atoms with van der Waals surface area (Å²) in [5, 5.41) is 7.94. The van der Waals surface area contributed by atoms with Gasteiger partial charge in [-0.1, -0.05) is 31.7 Å². The summed E-state index contributed by atoms with van der Waals surface area (Å²) in [6, 6.07) is 3.96. The predicted octanol–water partition coefficient (Wildman–Crippen LogP) is 3.97. The van der Waals surface area contributed by atoms with Crippen molar-refractivity contribution in [2.75, 3.05) is 12.3 Å². The van der Waals surface area contributed by atoms with E-state index in [1.54, 1.807) is 11.3 Å². The molecule has 0 bridgehead atoms. The van der Waals surface area contributed by atoms with Gasteiger partial charge in [-0.2, -0.15) is 0 Å². The standard InChI is InChI=1S/C17H19N3O2S3/c1-10(2)5-6-18-13(21)9-25-17-19-15(22)14-11(8-24-16(14)20-17)12-4-3-7-23-12/h3-4,7-8,10H,5-6,9H2,1-2H3,(H,18,21)(H,19,20,22). The number of thioether (sulfide) groups is 1. The molecular formula is C17H19N3O2S3. The molecule has 1 amide bonds. The fourth-order valence-corrected chi connectivity index (χ4v) is 4.81. The SMILES string of the molecule is CC(C)CCNC(=O)CSc1nc2scc(-c3cccs3)c2c(=O)[nH]1. The van der Waals surface area contributed by atoms with Crippen molar-refractivity contribution in [1.29, 1.82) is 0 Å². The van der Waals surface area contributed by atoms with Crippen molar-refractivity contribution in [2.45, 2.75) is 25.4 Å². The molecule has 0 fully saturated rings. The number of H-pyrrole nitrogens is 1. The number of amides is 1. The molecule has 0 spiro atoms. The van der Waals surface area contributed by atoms with Crippen LogP contribution in [0.25, 0.3) is 20.7 Å². The highest BCUT2D eigenvalue weighted by Crippen LogP contribution is 2.33. The number of rotatable bonds is 7. The average Bonchev–Trinajstić information content (AvgIpc) is 3.21. The van der Waals surface area contributed by atoms with Crippen LogP contribution in [-0.4, -0.2) is 28.2 Å². The zero-order chi connectivity index (χ0) is 17.8. The van der Waals surface area contributed by atoms with Crippen LogP contribution in [0.15, 0.2) is 32.8 Å². The molecule has 0 saturated carbocycles. The summed E-state index contributed by atoms with van der Waals surface area (Å²) in [5.74, 6) is 0.763. The second-order valence-electron chi connectivity index (χ2n) is 6.00. The van der Waals surface area contributed by atoms with Gasteiger partial charge in [-0.05, 0) is 23.8 Å². The van der Waals surface area contributed by atoms with Gasteiger partial charge in [-0.15, -0.1) is 22.7 Å². The van der Waals surface area contributed by atoms with E-state index in [1.807, 2.05) is 22.9 Å². The van der Waals surface area contributed by atoms with E-state index < -0.39 is 0 Å². The molecule has 3 rings (SSSR count). The van der Waals surface area contributed by atoms with Gasteiger partial charge in [0.15, 0.2) is 5.16 Å². The molecule has 0 saturated heterocycles. The fourth-order valence-electron chi connectivity index (χ4n) is 2.30. The highest BCUT2D eigenvalue weighted by Gasteiger charge is 2.14. The Kier molecular flexibility index (Phi) is 5.93. The van der Waals surface area contributed by atoms with Crippen LogP contribution in [0.4, 0.5) is 0 Å². The van der Waals surface area contributed by atoms with Crippen molar-refractivity contribution in [1.82, 2.24) is 15.3 Å². The van der Waals surface area contributed by atoms with Crippen LogP contribution in [0, 0.1) is 5.92 Å². The number of carbonyl (C=O) groups is 1. The van der Waals surface area contributed by atoms with E-state index in [-0.39, 0.29) is 17.2 Å². The van der Waals surface area contributed by atoms with Gasteiger partial charge in [0.05, 0.1) is 11.1 Å². The van der Waals surface area contributed by atoms with Crippen molar-refractivity contribution < 1.29 is 4.79 Å². The van der Waals surface area contributed by atoms with Crippen LogP contribution in [0.2, 0.25) is 0 Å². The lowest BCUT2D eigenvalue weighted by Gasteiger charge is -2.06. The van der Waals surface area contributed by atoms with Crippen molar-refractivity contribution in [3.05, 3.63) is 33.2 Å². The predicted molar refractivity (Wildman–Crippen MR) is 107 cm³/mol. The second-order valence-corrected chi connectivity index (χ2v) is 8.77. The molecule has 0 aliphatic rings. The van der Waals surface area contributed by atoms with Gasteiger partial charge in [0.1, 0.15) is 4.83 Å². The summed E-state index contributed by atoms with van der Waals surface area (Å²) in [5.41, 5.74) is 0.768. The maximum Gasteiger partial charge on any atom is 0.260 e. The largest absolute Gasteiger partial charge is 0.355 e. The van der Waals surface area contributed by atoms with Gasteiger partial charge < -0.3 is 10.3 Å². The molecule has 8 heteroatoms. The lowest BCUT2D eigenvalue weighted by Crippen LogP contribution is -2.27. The number of hydrogen-bond donors (Lipinski definition) is 2. The van der Waals surface area contributed by atoms with Crippen LogP contribution in [-0.2, 0) is 4.79 Å². The summed E-state index contributed by atoms with van der Waals surface area (Å²) in [6.45, 7) is 4.92. The van der Waals surface area contributed by atoms with E-state index in [4.69, 9.17) is 0 Å². The van der Waals surface area contributed by atoms with E-state index in [0.717, 1.165) is 16.9 Å². The molecule has 2 N–H and O–H groups in total. The van der Waals surface area contributed by atoms with Crippen molar-refractivity contribution in [3.8, 4) is 10.4 Å². The third-order valence-electron chi connectivity index (χ3n) is 3.59. The summed E-state index contributed by atoms with van der Waals surface area (Å²) in [6.07, 6.45) is 0.956. The minimum Gasteiger partial charge on any atom is -0.355 e. The first-order valence-corrected chi connectivity index (χ1v) is 10.7. The van der Waals surface area contributed by atoms with Crippen molar-refractivity contribution in [2.24, 2.45) is 5.92 Å². The van der Waals surface area contributed by atoms with Crippen molar-refractivity contribution in [3.63, 3.8) is 0 Å². The van der Waals surface area contributed by atoms with Crippen LogP contribution in [0.3, 0.4) is 0 Å². The Morgan fingerprint density at radius 3 is 2.96 bits per heavy atom. The monoisotopic (exact) mass is 393 g/mol. The Bertz CT molecular complexity index is 913. The Hall–Kier alpha value is -1.64. The van der Waals surface area contributed by atoms with Gasteiger partial charge in [-0.3, -0.25) is 9.59 Å². The molecule has 3 aromatic rings. The number of hydrogen-bond acceptors (Lipinski definition) is 6. The lowest BCUT2D eigenvalue weighted by molar-refractivity contribution is -0.118. The number of thiophene rings is 2. The minimum absolute atomic E-state index is 0.0427. The number of nitrogens with zero attached hydrogens (tertiary/aromatic N) is 1. The normalized spacial score (nSPS) is 11.3. The number of carbonyl (C=O) groups excluding carboxylic acids is 1. The molecule has 0 aliphatic carbocycles. The third kappa shape index (κ3) is 4.50. The zero-order valence-corrected chi connectivity index (χ0v) is 16.4. The number of nitrogens with one attached hydrogen (secondary N) is 2. The molecule has 0 aliphatic heterocycles. The Morgan fingerprint density at radius 1 is 1.40 bits per heavy atom. The van der Waals surface area contributed by atoms with Gasteiger partial charge in [-0.25, -0.2) is 4.98 Å². The molecule has 0 atom stereocenters. The lowest BCUT2D eigenvalue weighted by atomic mass is 10.1. The first kappa shape index (κ1) is 18.2. The van der Waals surface area contributed by atoms with E-state index in [0.29, 0.717) is 27.8 Å². The van der Waals surface area contributed by atoms with E-state index in [1.165, 1.54) is 23.1 Å². The Morgan fingerprint density at radius 2 is 2.24 bits per heavy atom. The summed E-state index contributed by atoms with van der Waals surface area (Å²) < 4.78 is 0. The fraction of sp³-hybridized carbons (Fsp3) is 0.353. The zero-order valence-electron chi connectivity index (χ0n) is 14.0. The minimum atomic E-state index is -0.155. The first-order valence-electron chi connectivity index (χ1n) is 7.99. The van der Waals surface area contributed by atoms with E-state index in [2.05, 4.69) is 29.1 Å². The maximum absolute atomic E-state index is 12.5. The third-order valence-corrected chi connectivity index (χ3v) is 6.24.